The fourth-order valence-electron chi connectivity index (χ4n) is 3.98. The molecule has 0 aliphatic heterocycles. The topological polar surface area (TPSA) is 96.0 Å². The summed E-state index contributed by atoms with van der Waals surface area (Å²) in [6, 6.07) is 17.0. The molecule has 1 N–H and O–H groups in total. The Kier molecular flexibility index (Phi) is 10.5. The molecule has 0 aliphatic carbocycles. The van der Waals surface area contributed by atoms with Gasteiger partial charge in [0.05, 0.1) is 17.2 Å². The molecule has 3 rings (SSSR count). The Bertz CT molecular complexity index is 1440. The van der Waals surface area contributed by atoms with Gasteiger partial charge in [0.1, 0.15) is 24.2 Å². The van der Waals surface area contributed by atoms with Crippen molar-refractivity contribution in [2.45, 2.75) is 57.6 Å². The highest BCUT2D eigenvalue weighted by molar-refractivity contribution is 9.10. The van der Waals surface area contributed by atoms with Gasteiger partial charge in [0.15, 0.2) is 0 Å². The predicted molar refractivity (Wildman–Crippen MR) is 161 cm³/mol. The first-order chi connectivity index (χ1) is 19.2. The molecule has 2 amide bonds. The summed E-state index contributed by atoms with van der Waals surface area (Å²) in [5.41, 5.74) is 0.422. The van der Waals surface area contributed by atoms with Crippen molar-refractivity contribution >= 4 is 43.5 Å². The Morgan fingerprint density at radius 2 is 1.56 bits per heavy atom. The maximum absolute atomic E-state index is 14.0. The second-order valence-corrected chi connectivity index (χ2v) is 13.2. The maximum Gasteiger partial charge on any atom is 0.264 e. The van der Waals surface area contributed by atoms with Crippen LogP contribution in [-0.4, -0.2) is 49.9 Å². The molecule has 11 heteroatoms. The molecular formula is C30H35BrFN3O5S. The predicted octanol–water partition coefficient (Wildman–Crippen LogP) is 5.51. The SMILES string of the molecule is CCOc1ccc(N(CC(=O)N(Cc2ccc(Br)cc2)[C@H](C)C(=O)NC(C)(C)C)S(=O)(=O)c2ccc(F)cc2)cc1. The van der Waals surface area contributed by atoms with E-state index in [1.807, 2.05) is 52.0 Å². The first-order valence-electron chi connectivity index (χ1n) is 13.1. The van der Waals surface area contributed by atoms with Crippen LogP contribution in [0.3, 0.4) is 0 Å². The van der Waals surface area contributed by atoms with Gasteiger partial charge in [-0.3, -0.25) is 13.9 Å². The number of hydrogen-bond donors (Lipinski definition) is 1. The van der Waals surface area contributed by atoms with Crippen molar-refractivity contribution in [3.63, 3.8) is 0 Å². The first-order valence-corrected chi connectivity index (χ1v) is 15.3. The monoisotopic (exact) mass is 647 g/mol. The number of nitrogens with one attached hydrogen (secondary N) is 1. The van der Waals surface area contributed by atoms with Crippen molar-refractivity contribution in [3.05, 3.63) is 88.6 Å². The van der Waals surface area contributed by atoms with E-state index in [2.05, 4.69) is 21.2 Å². The highest BCUT2D eigenvalue weighted by atomic mass is 79.9. The smallest absolute Gasteiger partial charge is 0.264 e. The van der Waals surface area contributed by atoms with E-state index in [9.17, 15) is 22.4 Å². The summed E-state index contributed by atoms with van der Waals surface area (Å²) in [6.07, 6.45) is 0. The normalized spacial score (nSPS) is 12.4. The van der Waals surface area contributed by atoms with Crippen LogP contribution in [0.15, 0.2) is 82.2 Å². The van der Waals surface area contributed by atoms with Crippen LogP contribution in [0.2, 0.25) is 0 Å². The van der Waals surface area contributed by atoms with Gasteiger partial charge in [-0.25, -0.2) is 12.8 Å². The molecule has 8 nitrogen and oxygen atoms in total. The average molecular weight is 649 g/mol. The van der Waals surface area contributed by atoms with Crippen molar-refractivity contribution in [2.24, 2.45) is 0 Å². The zero-order chi connectivity index (χ0) is 30.4. The zero-order valence-electron chi connectivity index (χ0n) is 23.7. The molecule has 3 aromatic carbocycles. The van der Waals surface area contributed by atoms with Crippen molar-refractivity contribution in [3.8, 4) is 5.75 Å². The van der Waals surface area contributed by atoms with Gasteiger partial charge in [-0.1, -0.05) is 28.1 Å². The molecule has 1 atom stereocenters. The number of nitrogens with zero attached hydrogens (tertiary/aromatic N) is 2. The lowest BCUT2D eigenvalue weighted by Crippen LogP contribution is -2.54. The summed E-state index contributed by atoms with van der Waals surface area (Å²) in [5.74, 6) is -1.03. The second kappa shape index (κ2) is 13.5. The maximum atomic E-state index is 14.0. The van der Waals surface area contributed by atoms with Crippen molar-refractivity contribution in [1.82, 2.24) is 10.2 Å². The largest absolute Gasteiger partial charge is 0.494 e. The molecule has 0 saturated heterocycles. The van der Waals surface area contributed by atoms with Crippen LogP contribution >= 0.6 is 15.9 Å². The molecule has 0 bridgehead atoms. The molecule has 0 radical (unpaired) electrons. The number of anilines is 1. The van der Waals surface area contributed by atoms with E-state index in [1.165, 1.54) is 17.0 Å². The molecular weight excluding hydrogens is 613 g/mol. The van der Waals surface area contributed by atoms with E-state index >= 15 is 0 Å². The van der Waals surface area contributed by atoms with Gasteiger partial charge in [0.2, 0.25) is 11.8 Å². The summed E-state index contributed by atoms with van der Waals surface area (Å²) in [6.45, 7) is 8.83. The quantitative estimate of drug-likeness (QED) is 0.296. The third-order valence-electron chi connectivity index (χ3n) is 6.05. The Hall–Kier alpha value is -3.44. The second-order valence-electron chi connectivity index (χ2n) is 10.5. The fourth-order valence-corrected chi connectivity index (χ4v) is 5.66. The van der Waals surface area contributed by atoms with E-state index in [0.717, 1.165) is 38.6 Å². The van der Waals surface area contributed by atoms with Crippen molar-refractivity contribution in [1.29, 1.82) is 0 Å². The highest BCUT2D eigenvalue weighted by Crippen LogP contribution is 2.27. The number of carbonyl (C=O) groups excluding carboxylic acids is 2. The number of ether oxygens (including phenoxy) is 1. The molecule has 0 spiro atoms. The molecule has 41 heavy (non-hydrogen) atoms. The van der Waals surface area contributed by atoms with E-state index in [0.29, 0.717) is 12.4 Å². The summed E-state index contributed by atoms with van der Waals surface area (Å²) in [7, 11) is -4.31. The molecule has 0 aliphatic rings. The van der Waals surface area contributed by atoms with Gasteiger partial charge in [0, 0.05) is 16.6 Å². The standard InChI is InChI=1S/C30H35BrFN3O5S/c1-6-40-26-15-13-25(14-16-26)35(41(38,39)27-17-11-24(32)12-18-27)20-28(36)34(19-22-7-9-23(31)10-8-22)21(2)29(37)33-30(3,4)5/h7-18,21H,6,19-20H2,1-5H3,(H,33,37)/t21-/m1/s1. The number of amides is 2. The minimum Gasteiger partial charge on any atom is -0.494 e. The Balaban J connectivity index is 2.03. The van der Waals surface area contributed by atoms with Gasteiger partial charge >= 0.3 is 0 Å². The summed E-state index contributed by atoms with van der Waals surface area (Å²) in [4.78, 5) is 28.3. The van der Waals surface area contributed by atoms with Crippen LogP contribution in [0, 0.1) is 5.82 Å². The molecule has 0 fully saturated rings. The van der Waals surface area contributed by atoms with Crippen LogP contribution in [0.5, 0.6) is 5.75 Å². The van der Waals surface area contributed by atoms with E-state index in [4.69, 9.17) is 4.74 Å². The number of hydrogen-bond acceptors (Lipinski definition) is 5. The third kappa shape index (κ3) is 8.77. The minimum absolute atomic E-state index is 0.0680. The lowest BCUT2D eigenvalue weighted by atomic mass is 10.1. The summed E-state index contributed by atoms with van der Waals surface area (Å²) in [5, 5.41) is 2.89. The zero-order valence-corrected chi connectivity index (χ0v) is 26.1. The van der Waals surface area contributed by atoms with E-state index in [1.54, 1.807) is 19.1 Å². The number of halogens is 2. The number of carbonyl (C=O) groups is 2. The Morgan fingerprint density at radius 1 is 0.976 bits per heavy atom. The highest BCUT2D eigenvalue weighted by Gasteiger charge is 2.33. The lowest BCUT2D eigenvalue weighted by molar-refractivity contribution is -0.140. The number of sulfonamides is 1. The van der Waals surface area contributed by atoms with Crippen LogP contribution in [0.25, 0.3) is 0 Å². The fraction of sp³-hybridized carbons (Fsp3) is 0.333. The molecule has 0 unspecified atom stereocenters. The molecule has 0 heterocycles. The summed E-state index contributed by atoms with van der Waals surface area (Å²) < 4.78 is 48.6. The van der Waals surface area contributed by atoms with Crippen molar-refractivity contribution < 1.29 is 27.1 Å². The summed E-state index contributed by atoms with van der Waals surface area (Å²) >= 11 is 3.40. The van der Waals surface area contributed by atoms with E-state index in [-0.39, 0.29) is 23.0 Å². The minimum atomic E-state index is -4.31. The lowest BCUT2D eigenvalue weighted by Gasteiger charge is -2.33. The van der Waals surface area contributed by atoms with Crippen LogP contribution < -0.4 is 14.4 Å². The van der Waals surface area contributed by atoms with Crippen molar-refractivity contribution in [2.75, 3.05) is 17.5 Å². The molecule has 220 valence electrons. The average Bonchev–Trinajstić information content (AvgIpc) is 2.91. The van der Waals surface area contributed by atoms with Gasteiger partial charge in [-0.05, 0) is 101 Å². The third-order valence-corrected chi connectivity index (χ3v) is 8.36. The van der Waals surface area contributed by atoms with Gasteiger partial charge in [0.25, 0.3) is 10.0 Å². The van der Waals surface area contributed by atoms with E-state index < -0.39 is 39.9 Å². The van der Waals surface area contributed by atoms with Gasteiger partial charge in [-0.2, -0.15) is 0 Å². The Labute approximate surface area is 249 Å². The number of rotatable bonds is 11. The molecule has 0 aromatic heterocycles. The number of benzene rings is 3. The van der Waals surface area contributed by atoms with Crippen LogP contribution in [0.4, 0.5) is 10.1 Å². The van der Waals surface area contributed by atoms with Crippen LogP contribution in [-0.2, 0) is 26.2 Å². The van der Waals surface area contributed by atoms with Gasteiger partial charge in [-0.15, -0.1) is 0 Å². The molecule has 0 saturated carbocycles. The van der Waals surface area contributed by atoms with Gasteiger partial charge < -0.3 is 15.0 Å². The molecule has 3 aromatic rings. The van der Waals surface area contributed by atoms with Crippen LogP contribution in [0.1, 0.15) is 40.2 Å². The Morgan fingerprint density at radius 3 is 2.10 bits per heavy atom. The first kappa shape index (κ1) is 32.1.